The monoisotopic (exact) mass is 448 g/mol. The van der Waals surface area contributed by atoms with E-state index in [0.717, 1.165) is 21.0 Å². The third kappa shape index (κ3) is 3.87. The molecule has 0 saturated heterocycles. The molecule has 0 radical (unpaired) electrons. The van der Waals surface area contributed by atoms with Gasteiger partial charge in [-0.25, -0.2) is 0 Å². The van der Waals surface area contributed by atoms with Crippen molar-refractivity contribution in [3.63, 3.8) is 0 Å². The van der Waals surface area contributed by atoms with Crippen molar-refractivity contribution in [3.8, 4) is 17.2 Å². The lowest BCUT2D eigenvalue weighted by Gasteiger charge is -2.11. The number of methoxy groups -OCH3 is 2. The Morgan fingerprint density at radius 3 is 2.56 bits per heavy atom. The molecule has 6 nitrogen and oxygen atoms in total. The lowest BCUT2D eigenvalue weighted by molar-refractivity contribution is 0.0996. The first kappa shape index (κ1) is 21.6. The largest absolute Gasteiger partial charge is 0.493 e. The molecule has 0 aliphatic heterocycles. The van der Waals surface area contributed by atoms with Gasteiger partial charge in [0.15, 0.2) is 16.3 Å². The van der Waals surface area contributed by atoms with Crippen molar-refractivity contribution < 1.29 is 19.0 Å². The van der Waals surface area contributed by atoms with Crippen LogP contribution in [0.2, 0.25) is 0 Å². The molecule has 0 fully saturated rings. The van der Waals surface area contributed by atoms with E-state index in [4.69, 9.17) is 14.2 Å². The number of thiazole rings is 1. The SMILES string of the molecule is C=CCn1c(=NC(=O)c2c(OCC)ccc3ccccc23)sc2cc(OC)c(OC)cc21. The standard InChI is InChI=1S/C25H24N2O4S/c1-5-13-27-18-14-20(29-3)21(30-4)15-22(18)32-25(27)26-24(28)23-17-10-8-7-9-16(17)11-12-19(23)31-6-2/h5,7-12,14-15H,1,6,13H2,2-4H3. The summed E-state index contributed by atoms with van der Waals surface area (Å²) in [6, 6.07) is 15.3. The lowest BCUT2D eigenvalue weighted by atomic mass is 10.0. The van der Waals surface area contributed by atoms with Crippen molar-refractivity contribution in [1.29, 1.82) is 0 Å². The summed E-state index contributed by atoms with van der Waals surface area (Å²) in [4.78, 5) is 18.6. The zero-order valence-corrected chi connectivity index (χ0v) is 19.1. The van der Waals surface area contributed by atoms with Crippen molar-refractivity contribution in [3.05, 3.63) is 71.6 Å². The second kappa shape index (κ2) is 9.28. The maximum atomic E-state index is 13.5. The third-order valence-corrected chi connectivity index (χ3v) is 6.14. The molecule has 3 aromatic carbocycles. The van der Waals surface area contributed by atoms with Crippen LogP contribution < -0.4 is 19.0 Å². The van der Waals surface area contributed by atoms with Crippen LogP contribution in [-0.2, 0) is 6.54 Å². The van der Waals surface area contributed by atoms with E-state index in [1.165, 1.54) is 11.3 Å². The molecule has 0 bridgehead atoms. The van der Waals surface area contributed by atoms with Gasteiger partial charge in [0.25, 0.3) is 5.91 Å². The van der Waals surface area contributed by atoms with Crippen molar-refractivity contribution in [2.24, 2.45) is 4.99 Å². The highest BCUT2D eigenvalue weighted by Gasteiger charge is 2.18. The van der Waals surface area contributed by atoms with Crippen molar-refractivity contribution >= 4 is 38.2 Å². The first-order valence-electron chi connectivity index (χ1n) is 10.2. The molecule has 32 heavy (non-hydrogen) atoms. The molecule has 164 valence electrons. The zero-order valence-electron chi connectivity index (χ0n) is 18.3. The first-order chi connectivity index (χ1) is 15.6. The minimum Gasteiger partial charge on any atom is -0.493 e. The Balaban J connectivity index is 1.95. The number of aromatic nitrogens is 1. The maximum Gasteiger partial charge on any atom is 0.284 e. The van der Waals surface area contributed by atoms with E-state index in [-0.39, 0.29) is 5.91 Å². The van der Waals surface area contributed by atoms with Crippen LogP contribution in [-0.4, -0.2) is 31.3 Å². The molecular formula is C25H24N2O4S. The van der Waals surface area contributed by atoms with Gasteiger partial charge < -0.3 is 18.8 Å². The number of nitrogens with zero attached hydrogens (tertiary/aromatic N) is 2. The van der Waals surface area contributed by atoms with E-state index in [1.807, 2.05) is 60.0 Å². The number of amides is 1. The average molecular weight is 449 g/mol. The summed E-state index contributed by atoms with van der Waals surface area (Å²) in [6.07, 6.45) is 1.77. The molecule has 1 amide bonds. The Hall–Kier alpha value is -3.58. The van der Waals surface area contributed by atoms with Gasteiger partial charge in [0.2, 0.25) is 0 Å². The normalized spacial score (nSPS) is 11.7. The number of hydrogen-bond donors (Lipinski definition) is 0. The molecule has 0 unspecified atom stereocenters. The third-order valence-electron chi connectivity index (χ3n) is 5.10. The summed E-state index contributed by atoms with van der Waals surface area (Å²) in [5.74, 6) is 1.41. The van der Waals surface area contributed by atoms with E-state index in [1.54, 1.807) is 20.3 Å². The Kier molecular flexibility index (Phi) is 6.28. The van der Waals surface area contributed by atoms with Gasteiger partial charge in [0, 0.05) is 18.7 Å². The van der Waals surface area contributed by atoms with Gasteiger partial charge in [0.1, 0.15) is 5.75 Å². The fourth-order valence-electron chi connectivity index (χ4n) is 3.68. The van der Waals surface area contributed by atoms with Gasteiger partial charge in [-0.2, -0.15) is 4.99 Å². The smallest absolute Gasteiger partial charge is 0.284 e. The Morgan fingerprint density at radius 1 is 1.09 bits per heavy atom. The van der Waals surface area contributed by atoms with Crippen molar-refractivity contribution in [1.82, 2.24) is 4.57 Å². The number of rotatable bonds is 7. The summed E-state index contributed by atoms with van der Waals surface area (Å²) < 4.78 is 19.5. The minimum absolute atomic E-state index is 0.353. The number of fused-ring (bicyclic) bond motifs is 2. The van der Waals surface area contributed by atoms with Crippen LogP contribution in [0.3, 0.4) is 0 Å². The Morgan fingerprint density at radius 2 is 1.84 bits per heavy atom. The van der Waals surface area contributed by atoms with E-state index >= 15 is 0 Å². The molecule has 0 aliphatic rings. The van der Waals surface area contributed by atoms with E-state index in [0.29, 0.717) is 40.8 Å². The second-order valence-corrected chi connectivity index (χ2v) is 7.98. The summed E-state index contributed by atoms with van der Waals surface area (Å²) in [7, 11) is 3.19. The molecule has 4 aromatic rings. The Bertz CT molecular complexity index is 1380. The van der Waals surface area contributed by atoms with Gasteiger partial charge in [-0.3, -0.25) is 4.79 Å². The Labute approximate surface area is 190 Å². The maximum absolute atomic E-state index is 13.5. The molecular weight excluding hydrogens is 424 g/mol. The summed E-state index contributed by atoms with van der Waals surface area (Å²) in [5, 5.41) is 1.77. The van der Waals surface area contributed by atoms with Crippen LogP contribution >= 0.6 is 11.3 Å². The summed E-state index contributed by atoms with van der Waals surface area (Å²) >= 11 is 1.41. The van der Waals surface area contributed by atoms with Crippen molar-refractivity contribution in [2.45, 2.75) is 13.5 Å². The first-order valence-corrected chi connectivity index (χ1v) is 11.0. The van der Waals surface area contributed by atoms with Gasteiger partial charge in [0.05, 0.1) is 36.6 Å². The fourth-order valence-corrected chi connectivity index (χ4v) is 4.73. The van der Waals surface area contributed by atoms with Gasteiger partial charge in [-0.1, -0.05) is 47.7 Å². The predicted octanol–water partition coefficient (Wildman–Crippen LogP) is 5.20. The molecule has 0 saturated carbocycles. The molecule has 0 spiro atoms. The van der Waals surface area contributed by atoms with Crippen molar-refractivity contribution in [2.75, 3.05) is 20.8 Å². The molecule has 1 aromatic heterocycles. The highest BCUT2D eigenvalue weighted by atomic mass is 32.1. The summed E-state index contributed by atoms with van der Waals surface area (Å²) in [5.41, 5.74) is 1.35. The number of carbonyl (C=O) groups excluding carboxylic acids is 1. The predicted molar refractivity (Wildman–Crippen MR) is 128 cm³/mol. The second-order valence-electron chi connectivity index (χ2n) is 6.97. The number of ether oxygens (including phenoxy) is 3. The van der Waals surface area contributed by atoms with Crippen LogP contribution in [0.4, 0.5) is 0 Å². The van der Waals surface area contributed by atoms with E-state index < -0.39 is 0 Å². The average Bonchev–Trinajstić information content (AvgIpc) is 3.13. The number of allylic oxidation sites excluding steroid dienone is 1. The summed E-state index contributed by atoms with van der Waals surface area (Å²) in [6.45, 7) is 6.70. The van der Waals surface area contributed by atoms with Crippen LogP contribution in [0, 0.1) is 0 Å². The molecule has 7 heteroatoms. The highest BCUT2D eigenvalue weighted by Crippen LogP contribution is 2.34. The number of carbonyl (C=O) groups is 1. The van der Waals surface area contributed by atoms with E-state index in [2.05, 4.69) is 11.6 Å². The minimum atomic E-state index is -0.353. The number of benzene rings is 3. The fraction of sp³-hybridized carbons (Fsp3) is 0.200. The quantitative estimate of drug-likeness (QED) is 0.365. The molecule has 0 aliphatic carbocycles. The highest BCUT2D eigenvalue weighted by molar-refractivity contribution is 7.16. The zero-order chi connectivity index (χ0) is 22.7. The van der Waals surface area contributed by atoms with E-state index in [9.17, 15) is 4.79 Å². The van der Waals surface area contributed by atoms with Crippen LogP contribution in [0.25, 0.3) is 21.0 Å². The molecule has 4 rings (SSSR count). The van der Waals surface area contributed by atoms with Gasteiger partial charge in [-0.15, -0.1) is 6.58 Å². The van der Waals surface area contributed by atoms with Crippen LogP contribution in [0.5, 0.6) is 17.2 Å². The number of hydrogen-bond acceptors (Lipinski definition) is 5. The molecule has 0 atom stereocenters. The van der Waals surface area contributed by atoms with Gasteiger partial charge in [-0.05, 0) is 23.8 Å². The lowest BCUT2D eigenvalue weighted by Crippen LogP contribution is -2.17. The molecule has 0 N–H and O–H groups in total. The van der Waals surface area contributed by atoms with Crippen LogP contribution in [0.15, 0.2) is 66.2 Å². The topological polar surface area (TPSA) is 62.1 Å². The van der Waals surface area contributed by atoms with Crippen LogP contribution in [0.1, 0.15) is 17.3 Å². The van der Waals surface area contributed by atoms with Gasteiger partial charge >= 0.3 is 0 Å². The molecule has 1 heterocycles.